The molecule has 2 fully saturated rings. The van der Waals surface area contributed by atoms with Crippen LogP contribution in [0.3, 0.4) is 0 Å². The number of amides is 2. The predicted molar refractivity (Wildman–Crippen MR) is 129 cm³/mol. The molecule has 176 valence electrons. The van der Waals surface area contributed by atoms with Gasteiger partial charge in [-0.2, -0.15) is 0 Å². The van der Waals surface area contributed by atoms with Crippen LogP contribution in [-0.4, -0.2) is 45.8 Å². The molecular formula is C27H36N4O2. The van der Waals surface area contributed by atoms with Crippen LogP contribution in [-0.2, 0) is 22.4 Å². The molecule has 4 rings (SSSR count). The molecule has 0 unspecified atom stereocenters. The van der Waals surface area contributed by atoms with Gasteiger partial charge in [0.1, 0.15) is 5.82 Å². The van der Waals surface area contributed by atoms with Crippen LogP contribution in [0.1, 0.15) is 78.3 Å². The normalized spacial score (nSPS) is 19.0. The molecule has 1 aliphatic carbocycles. The van der Waals surface area contributed by atoms with Gasteiger partial charge in [0.05, 0.1) is 12.8 Å². The second kappa shape index (κ2) is 10.4. The van der Waals surface area contributed by atoms with Crippen molar-refractivity contribution < 1.29 is 9.59 Å². The lowest BCUT2D eigenvalue weighted by Gasteiger charge is -2.32. The minimum Gasteiger partial charge on any atom is -0.353 e. The smallest absolute Gasteiger partial charge is 0.227 e. The van der Waals surface area contributed by atoms with Crippen molar-refractivity contribution in [3.63, 3.8) is 0 Å². The topological polar surface area (TPSA) is 75.2 Å². The first-order valence-electron chi connectivity index (χ1n) is 12.4. The first-order valence-corrected chi connectivity index (χ1v) is 12.4. The molecule has 1 saturated carbocycles. The summed E-state index contributed by atoms with van der Waals surface area (Å²) in [5.74, 6) is 1.17. The van der Waals surface area contributed by atoms with Crippen LogP contribution in [0.25, 0.3) is 0 Å². The van der Waals surface area contributed by atoms with E-state index in [1.807, 2.05) is 30.9 Å². The van der Waals surface area contributed by atoms with Crippen LogP contribution < -0.4 is 5.32 Å². The zero-order chi connectivity index (χ0) is 23.4. The van der Waals surface area contributed by atoms with E-state index >= 15 is 0 Å². The summed E-state index contributed by atoms with van der Waals surface area (Å²) in [6, 6.07) is 8.50. The van der Waals surface area contributed by atoms with Crippen LogP contribution in [0.15, 0.2) is 24.3 Å². The minimum atomic E-state index is 0.0648. The third kappa shape index (κ3) is 5.98. The van der Waals surface area contributed by atoms with Crippen LogP contribution in [0.4, 0.5) is 0 Å². The molecule has 1 N–H and O–H groups in total. The van der Waals surface area contributed by atoms with Gasteiger partial charge in [-0.05, 0) is 52.0 Å². The van der Waals surface area contributed by atoms with Gasteiger partial charge in [0.25, 0.3) is 0 Å². The van der Waals surface area contributed by atoms with Gasteiger partial charge in [-0.3, -0.25) is 9.59 Å². The second-order valence-electron chi connectivity index (χ2n) is 9.80. The number of likely N-dealkylation sites (tertiary alicyclic amines) is 1. The highest BCUT2D eigenvalue weighted by molar-refractivity contribution is 5.79. The van der Waals surface area contributed by atoms with Gasteiger partial charge in [-0.25, -0.2) is 9.97 Å². The van der Waals surface area contributed by atoms with Crippen molar-refractivity contribution >= 4 is 11.8 Å². The molecule has 6 nitrogen and oxygen atoms in total. The van der Waals surface area contributed by atoms with E-state index in [9.17, 15) is 9.59 Å². The summed E-state index contributed by atoms with van der Waals surface area (Å²) in [7, 11) is 0. The van der Waals surface area contributed by atoms with Gasteiger partial charge < -0.3 is 10.2 Å². The van der Waals surface area contributed by atoms with Gasteiger partial charge >= 0.3 is 0 Å². The lowest BCUT2D eigenvalue weighted by Crippen LogP contribution is -2.40. The highest BCUT2D eigenvalue weighted by Gasteiger charge is 2.28. The van der Waals surface area contributed by atoms with E-state index in [-0.39, 0.29) is 17.7 Å². The summed E-state index contributed by atoms with van der Waals surface area (Å²) in [4.78, 5) is 37.0. The molecule has 2 heterocycles. The quantitative estimate of drug-likeness (QED) is 0.726. The molecule has 1 aromatic carbocycles. The van der Waals surface area contributed by atoms with Gasteiger partial charge in [0.2, 0.25) is 11.8 Å². The van der Waals surface area contributed by atoms with E-state index in [0.29, 0.717) is 25.4 Å². The number of nitrogens with zero attached hydrogens (tertiary/aromatic N) is 3. The molecule has 0 bridgehead atoms. The van der Waals surface area contributed by atoms with E-state index in [1.165, 1.54) is 18.4 Å². The molecule has 6 heteroatoms. The molecule has 1 aliphatic heterocycles. The third-order valence-electron chi connectivity index (χ3n) is 7.11. The number of benzene rings is 1. The van der Waals surface area contributed by atoms with E-state index in [2.05, 4.69) is 24.4 Å². The summed E-state index contributed by atoms with van der Waals surface area (Å²) in [5.41, 5.74) is 4.93. The standard InChI is InChI=1S/C27H36N4O2/c1-18-10-12-21(13-11-18)15-26(33)31-14-6-7-22(17-31)27-28-19(2)24(20(3)29-27)16-25(32)30-23-8-4-5-9-23/h10-13,22-23H,4-9,14-17H2,1-3H3,(H,30,32)/t22-/m0/s1. The molecule has 1 aromatic heterocycles. The lowest BCUT2D eigenvalue weighted by atomic mass is 9.95. The number of carbonyl (C=O) groups is 2. The van der Waals surface area contributed by atoms with Gasteiger partial charge in [0, 0.05) is 42.0 Å². The van der Waals surface area contributed by atoms with Crippen LogP contribution in [0, 0.1) is 20.8 Å². The molecule has 2 aromatic rings. The Morgan fingerprint density at radius 3 is 2.27 bits per heavy atom. The molecule has 33 heavy (non-hydrogen) atoms. The fourth-order valence-corrected chi connectivity index (χ4v) is 5.12. The number of hydrogen-bond acceptors (Lipinski definition) is 4. The van der Waals surface area contributed by atoms with Crippen molar-refractivity contribution in [2.45, 2.75) is 84.1 Å². The first kappa shape index (κ1) is 23.4. The Morgan fingerprint density at radius 2 is 1.61 bits per heavy atom. The third-order valence-corrected chi connectivity index (χ3v) is 7.11. The second-order valence-corrected chi connectivity index (χ2v) is 9.80. The van der Waals surface area contributed by atoms with E-state index < -0.39 is 0 Å². The van der Waals surface area contributed by atoms with Crippen LogP contribution in [0.2, 0.25) is 0 Å². The number of aryl methyl sites for hydroxylation is 3. The number of piperidine rings is 1. The maximum absolute atomic E-state index is 12.9. The molecule has 1 saturated heterocycles. The van der Waals surface area contributed by atoms with Crippen molar-refractivity contribution in [1.82, 2.24) is 20.2 Å². The number of aromatic nitrogens is 2. The van der Waals surface area contributed by atoms with E-state index in [1.54, 1.807) is 0 Å². The molecular weight excluding hydrogens is 412 g/mol. The summed E-state index contributed by atoms with van der Waals surface area (Å²) in [5, 5.41) is 3.16. The minimum absolute atomic E-state index is 0.0648. The summed E-state index contributed by atoms with van der Waals surface area (Å²) in [6.45, 7) is 7.45. The van der Waals surface area contributed by atoms with Crippen molar-refractivity contribution in [1.29, 1.82) is 0 Å². The highest BCUT2D eigenvalue weighted by atomic mass is 16.2. The highest BCUT2D eigenvalue weighted by Crippen LogP contribution is 2.27. The molecule has 2 aliphatic rings. The zero-order valence-electron chi connectivity index (χ0n) is 20.2. The SMILES string of the molecule is Cc1ccc(CC(=O)N2CCC[C@H](c3nc(C)c(CC(=O)NC4CCCC4)c(C)n3)C2)cc1. The zero-order valence-corrected chi connectivity index (χ0v) is 20.2. The van der Waals surface area contributed by atoms with Gasteiger partial charge in [-0.1, -0.05) is 42.7 Å². The average Bonchev–Trinajstić information content (AvgIpc) is 3.30. The van der Waals surface area contributed by atoms with Gasteiger partial charge in [-0.15, -0.1) is 0 Å². The lowest BCUT2D eigenvalue weighted by molar-refractivity contribution is -0.131. The Hall–Kier alpha value is -2.76. The molecule has 0 spiro atoms. The van der Waals surface area contributed by atoms with E-state index in [4.69, 9.17) is 9.97 Å². The summed E-state index contributed by atoms with van der Waals surface area (Å²) in [6.07, 6.45) is 7.27. The number of hydrogen-bond donors (Lipinski definition) is 1. The maximum atomic E-state index is 12.9. The molecule has 0 radical (unpaired) electrons. The fourth-order valence-electron chi connectivity index (χ4n) is 5.12. The van der Waals surface area contributed by atoms with Crippen molar-refractivity contribution in [3.05, 3.63) is 58.2 Å². The maximum Gasteiger partial charge on any atom is 0.227 e. The summed E-state index contributed by atoms with van der Waals surface area (Å²) >= 11 is 0. The number of rotatable bonds is 6. The Kier molecular flexibility index (Phi) is 7.41. The Bertz CT molecular complexity index is 973. The van der Waals surface area contributed by atoms with E-state index in [0.717, 1.165) is 60.6 Å². The van der Waals surface area contributed by atoms with Gasteiger partial charge in [0.15, 0.2) is 0 Å². The fraction of sp³-hybridized carbons (Fsp3) is 0.556. The predicted octanol–water partition coefficient (Wildman–Crippen LogP) is 3.95. The Morgan fingerprint density at radius 1 is 0.939 bits per heavy atom. The number of carbonyl (C=O) groups excluding carboxylic acids is 2. The van der Waals surface area contributed by atoms with Crippen molar-refractivity contribution in [3.8, 4) is 0 Å². The largest absolute Gasteiger partial charge is 0.353 e. The summed E-state index contributed by atoms with van der Waals surface area (Å²) < 4.78 is 0. The Balaban J connectivity index is 1.39. The number of nitrogens with one attached hydrogen (secondary N) is 1. The first-order chi connectivity index (χ1) is 15.9. The monoisotopic (exact) mass is 448 g/mol. The molecule has 2 amide bonds. The van der Waals surface area contributed by atoms with Crippen molar-refractivity contribution in [2.75, 3.05) is 13.1 Å². The average molecular weight is 449 g/mol. The molecule has 1 atom stereocenters. The van der Waals surface area contributed by atoms with Crippen LogP contribution >= 0.6 is 0 Å². The van der Waals surface area contributed by atoms with Crippen molar-refractivity contribution in [2.24, 2.45) is 0 Å². The Labute approximate surface area is 197 Å². The van der Waals surface area contributed by atoms with Crippen LogP contribution in [0.5, 0.6) is 0 Å².